The van der Waals surface area contributed by atoms with Crippen LogP contribution in [0.25, 0.3) is 0 Å². The molecule has 1 aliphatic rings. The lowest BCUT2D eigenvalue weighted by Crippen LogP contribution is -2.43. The molecule has 0 saturated carbocycles. The number of carbonyl (C=O) groups is 2. The molecule has 12 heteroatoms. The molecule has 2 aromatic heterocycles. The van der Waals surface area contributed by atoms with Crippen LogP contribution >= 0.6 is 13.5 Å². The molecule has 0 bridgehead atoms. The van der Waals surface area contributed by atoms with E-state index < -0.39 is 23.6 Å². The van der Waals surface area contributed by atoms with Gasteiger partial charge in [-0.05, 0) is 31.2 Å². The number of nitrogens with one attached hydrogen (secondary N) is 1. The van der Waals surface area contributed by atoms with Crippen LogP contribution in [0.3, 0.4) is 0 Å². The van der Waals surface area contributed by atoms with E-state index in [-0.39, 0.29) is 43.2 Å². The average Bonchev–Trinajstić information content (AvgIpc) is 3.15. The fraction of sp³-hybridized carbons (Fsp3) is 0.211. The number of rotatable bonds is 3. The van der Waals surface area contributed by atoms with Crippen molar-refractivity contribution in [2.75, 3.05) is 16.8 Å². The van der Waals surface area contributed by atoms with E-state index in [1.165, 1.54) is 46.5 Å². The molecule has 0 unspecified atom stereocenters. The fourth-order valence-electron chi connectivity index (χ4n) is 3.21. The highest BCUT2D eigenvalue weighted by molar-refractivity contribution is 7.59. The number of aromatic nitrogens is 4. The van der Waals surface area contributed by atoms with Crippen molar-refractivity contribution in [3.63, 3.8) is 0 Å². The first-order chi connectivity index (χ1) is 14.3. The van der Waals surface area contributed by atoms with E-state index in [1.54, 1.807) is 0 Å². The molecule has 162 valence electrons. The molecule has 2 amide bonds. The fourth-order valence-corrected chi connectivity index (χ4v) is 3.21. The minimum atomic E-state index is -4.46. The van der Waals surface area contributed by atoms with Gasteiger partial charge in [-0.15, -0.1) is 0 Å². The SMILES string of the molecule is C[C@H]1CN(c2ccc(C(F)(F)F)cc2)C(=O)c2c(NC(=O)c3cnccn3)cnn21.S. The summed E-state index contributed by atoms with van der Waals surface area (Å²) >= 11 is 0. The van der Waals surface area contributed by atoms with Crippen LogP contribution in [0.15, 0.2) is 49.1 Å². The summed E-state index contributed by atoms with van der Waals surface area (Å²) in [4.78, 5) is 34.6. The summed E-state index contributed by atoms with van der Waals surface area (Å²) in [5.41, 5.74) is -0.109. The minimum absolute atomic E-state index is 0. The van der Waals surface area contributed by atoms with Crippen LogP contribution in [0.1, 0.15) is 39.5 Å². The number of hydrogen-bond donors (Lipinski definition) is 1. The Kier molecular flexibility index (Phi) is 6.02. The van der Waals surface area contributed by atoms with Gasteiger partial charge in [0, 0.05) is 24.6 Å². The molecular weight excluding hydrogens is 433 g/mol. The maximum atomic E-state index is 13.1. The maximum absolute atomic E-state index is 13.1. The molecule has 0 radical (unpaired) electrons. The van der Waals surface area contributed by atoms with Gasteiger partial charge in [0.05, 0.1) is 29.7 Å². The molecule has 0 saturated heterocycles. The third-order valence-electron chi connectivity index (χ3n) is 4.66. The normalized spacial score (nSPS) is 15.8. The zero-order valence-electron chi connectivity index (χ0n) is 16.1. The predicted octanol–water partition coefficient (Wildman–Crippen LogP) is 3.28. The van der Waals surface area contributed by atoms with Crippen LogP contribution in [-0.2, 0) is 6.18 Å². The van der Waals surface area contributed by atoms with E-state index in [1.807, 2.05) is 6.92 Å². The predicted molar refractivity (Wildman–Crippen MR) is 110 cm³/mol. The lowest BCUT2D eigenvalue weighted by molar-refractivity contribution is -0.137. The maximum Gasteiger partial charge on any atom is 0.416 e. The van der Waals surface area contributed by atoms with Crippen molar-refractivity contribution in [3.8, 4) is 0 Å². The Morgan fingerprint density at radius 1 is 1.16 bits per heavy atom. The second-order valence-corrected chi connectivity index (χ2v) is 6.71. The summed E-state index contributed by atoms with van der Waals surface area (Å²) in [7, 11) is 0. The standard InChI is InChI=1S/C19H15F3N6O2.H2S/c1-11-10-27(13-4-2-12(3-5-13)19(20,21)22)18(30)16-14(9-25-28(11)16)26-17(29)15-8-23-6-7-24-15;/h2-9,11H,10H2,1H3,(H,26,29);1H2/t11-;/m0./s1. The topological polar surface area (TPSA) is 93.0 Å². The molecule has 0 aliphatic carbocycles. The Bertz CT molecular complexity index is 1100. The Morgan fingerprint density at radius 2 is 1.87 bits per heavy atom. The average molecular weight is 450 g/mol. The highest BCUT2D eigenvalue weighted by Gasteiger charge is 2.35. The highest BCUT2D eigenvalue weighted by atomic mass is 32.1. The Balaban J connectivity index is 0.00000272. The summed E-state index contributed by atoms with van der Waals surface area (Å²) in [5.74, 6) is -1.05. The number of alkyl halides is 3. The molecule has 8 nitrogen and oxygen atoms in total. The van der Waals surface area contributed by atoms with Crippen LogP contribution in [-0.4, -0.2) is 38.1 Å². The number of fused-ring (bicyclic) bond motifs is 1. The number of anilines is 2. The first kappa shape index (κ1) is 22.3. The monoisotopic (exact) mass is 450 g/mol. The second kappa shape index (κ2) is 8.38. The van der Waals surface area contributed by atoms with Gasteiger partial charge in [0.1, 0.15) is 5.69 Å². The van der Waals surface area contributed by atoms with Gasteiger partial charge in [-0.1, -0.05) is 0 Å². The van der Waals surface area contributed by atoms with Crippen LogP contribution < -0.4 is 10.2 Å². The van der Waals surface area contributed by atoms with Gasteiger partial charge in [-0.25, -0.2) is 4.98 Å². The smallest absolute Gasteiger partial charge is 0.317 e. The molecule has 0 fully saturated rings. The van der Waals surface area contributed by atoms with Crippen LogP contribution in [0.2, 0.25) is 0 Å². The van der Waals surface area contributed by atoms with E-state index in [0.717, 1.165) is 12.1 Å². The van der Waals surface area contributed by atoms with Gasteiger partial charge in [-0.2, -0.15) is 31.8 Å². The Morgan fingerprint density at radius 3 is 2.48 bits per heavy atom. The molecule has 1 N–H and O–H groups in total. The summed E-state index contributed by atoms with van der Waals surface area (Å²) in [5, 5.41) is 6.78. The van der Waals surface area contributed by atoms with Crippen molar-refractivity contribution in [3.05, 3.63) is 66.0 Å². The van der Waals surface area contributed by atoms with E-state index in [2.05, 4.69) is 20.4 Å². The molecule has 4 rings (SSSR count). The molecular formula is C19H17F3N6O2S. The zero-order valence-corrected chi connectivity index (χ0v) is 17.1. The summed E-state index contributed by atoms with van der Waals surface area (Å²) in [6.07, 6.45) is 0.959. The van der Waals surface area contributed by atoms with Crippen molar-refractivity contribution in [2.24, 2.45) is 0 Å². The van der Waals surface area contributed by atoms with Gasteiger partial charge in [-0.3, -0.25) is 19.3 Å². The first-order valence-corrected chi connectivity index (χ1v) is 8.89. The zero-order chi connectivity index (χ0) is 21.5. The third-order valence-corrected chi connectivity index (χ3v) is 4.66. The molecule has 1 aliphatic heterocycles. The van der Waals surface area contributed by atoms with Crippen molar-refractivity contribution in [1.29, 1.82) is 0 Å². The van der Waals surface area contributed by atoms with Gasteiger partial charge in [0.15, 0.2) is 5.69 Å². The first-order valence-electron chi connectivity index (χ1n) is 8.89. The summed E-state index contributed by atoms with van der Waals surface area (Å²) in [6, 6.07) is 4.09. The number of amides is 2. The number of benzene rings is 1. The number of nitrogens with zero attached hydrogens (tertiary/aromatic N) is 5. The molecule has 31 heavy (non-hydrogen) atoms. The second-order valence-electron chi connectivity index (χ2n) is 6.71. The van der Waals surface area contributed by atoms with E-state index in [0.29, 0.717) is 5.69 Å². The lowest BCUT2D eigenvalue weighted by atomic mass is 10.1. The molecule has 3 heterocycles. The molecule has 1 atom stereocenters. The van der Waals surface area contributed by atoms with Crippen LogP contribution in [0, 0.1) is 0 Å². The summed E-state index contributed by atoms with van der Waals surface area (Å²) < 4.78 is 40.0. The molecule has 0 spiro atoms. The van der Waals surface area contributed by atoms with Crippen molar-refractivity contribution in [2.45, 2.75) is 19.1 Å². The number of halogens is 3. The number of hydrogen-bond acceptors (Lipinski definition) is 5. The van der Waals surface area contributed by atoms with Crippen molar-refractivity contribution < 1.29 is 22.8 Å². The van der Waals surface area contributed by atoms with E-state index in [4.69, 9.17) is 0 Å². The van der Waals surface area contributed by atoms with Crippen LogP contribution in [0.5, 0.6) is 0 Å². The highest BCUT2D eigenvalue weighted by Crippen LogP contribution is 2.33. The van der Waals surface area contributed by atoms with Gasteiger partial charge in [0.25, 0.3) is 11.8 Å². The van der Waals surface area contributed by atoms with E-state index >= 15 is 0 Å². The van der Waals surface area contributed by atoms with Crippen molar-refractivity contribution in [1.82, 2.24) is 19.7 Å². The van der Waals surface area contributed by atoms with Crippen LogP contribution in [0.4, 0.5) is 24.5 Å². The Labute approximate surface area is 181 Å². The number of carbonyl (C=O) groups excluding carboxylic acids is 2. The van der Waals surface area contributed by atoms with Gasteiger partial charge >= 0.3 is 6.18 Å². The minimum Gasteiger partial charge on any atom is -0.317 e. The summed E-state index contributed by atoms with van der Waals surface area (Å²) in [6.45, 7) is 2.03. The van der Waals surface area contributed by atoms with E-state index in [9.17, 15) is 22.8 Å². The van der Waals surface area contributed by atoms with Gasteiger partial charge in [0.2, 0.25) is 0 Å². The quantitative estimate of drug-likeness (QED) is 0.661. The van der Waals surface area contributed by atoms with Crippen molar-refractivity contribution >= 4 is 36.7 Å². The van der Waals surface area contributed by atoms with Gasteiger partial charge < -0.3 is 10.2 Å². The lowest BCUT2D eigenvalue weighted by Gasteiger charge is -2.32. The largest absolute Gasteiger partial charge is 0.416 e. The molecule has 1 aromatic carbocycles. The third kappa shape index (κ3) is 4.24. The molecule has 3 aromatic rings. The Hall–Kier alpha value is -3.41.